The summed E-state index contributed by atoms with van der Waals surface area (Å²) < 4.78 is 0. The molecule has 5 nitrogen and oxygen atoms in total. The van der Waals surface area contributed by atoms with E-state index in [1.807, 2.05) is 0 Å². The van der Waals surface area contributed by atoms with Crippen LogP contribution in [0.1, 0.15) is 28.9 Å². The number of aromatic nitrogens is 1. The van der Waals surface area contributed by atoms with E-state index in [1.165, 1.54) is 6.20 Å². The lowest BCUT2D eigenvalue weighted by atomic mass is 10.2. The second-order valence-electron chi connectivity index (χ2n) is 4.35. The molecule has 1 aromatic heterocycles. The number of pyridine rings is 1. The van der Waals surface area contributed by atoms with Crippen LogP contribution in [0.2, 0.25) is 0 Å². The summed E-state index contributed by atoms with van der Waals surface area (Å²) in [4.78, 5) is 18.0. The highest BCUT2D eigenvalue weighted by atomic mass is 16.3. The third-order valence-corrected chi connectivity index (χ3v) is 2.88. The molecule has 0 bridgehead atoms. The van der Waals surface area contributed by atoms with Gasteiger partial charge in [-0.2, -0.15) is 0 Å². The van der Waals surface area contributed by atoms with Crippen molar-refractivity contribution in [3.8, 4) is 11.8 Å². The van der Waals surface area contributed by atoms with Gasteiger partial charge in [0.15, 0.2) is 0 Å². The second-order valence-corrected chi connectivity index (χ2v) is 4.35. The predicted octanol–water partition coefficient (Wildman–Crippen LogP) is 0.0223. The first-order chi connectivity index (χ1) is 9.26. The molecule has 1 heterocycles. The summed E-state index contributed by atoms with van der Waals surface area (Å²) in [5.41, 5.74) is 1.01. The van der Waals surface area contributed by atoms with Crippen LogP contribution in [0.5, 0.6) is 0 Å². The maximum absolute atomic E-state index is 12.2. The zero-order chi connectivity index (χ0) is 13.7. The van der Waals surface area contributed by atoms with Gasteiger partial charge in [-0.15, -0.1) is 0 Å². The molecule has 5 heteroatoms. The molecule has 2 rings (SSSR count). The van der Waals surface area contributed by atoms with Gasteiger partial charge in [0.25, 0.3) is 5.91 Å². The molecule has 1 fully saturated rings. The van der Waals surface area contributed by atoms with Crippen molar-refractivity contribution < 1.29 is 15.0 Å². The van der Waals surface area contributed by atoms with Gasteiger partial charge in [-0.05, 0) is 25.0 Å². The van der Waals surface area contributed by atoms with E-state index in [-0.39, 0.29) is 25.2 Å². The smallest absolute Gasteiger partial charge is 0.272 e. The SMILES string of the molecule is O=C(c1ccc(C#CCO)cn1)N(CCO)C1CC1. The topological polar surface area (TPSA) is 73.7 Å². The molecule has 0 saturated heterocycles. The molecule has 1 aromatic rings. The molecule has 0 aliphatic heterocycles. The number of carbonyl (C=O) groups is 1. The van der Waals surface area contributed by atoms with E-state index in [9.17, 15) is 4.79 Å². The maximum Gasteiger partial charge on any atom is 0.272 e. The molecule has 19 heavy (non-hydrogen) atoms. The molecule has 0 spiro atoms. The maximum atomic E-state index is 12.2. The summed E-state index contributed by atoms with van der Waals surface area (Å²) in [6.45, 7) is 0.103. The Balaban J connectivity index is 2.09. The monoisotopic (exact) mass is 260 g/mol. The van der Waals surface area contributed by atoms with E-state index in [1.54, 1.807) is 17.0 Å². The minimum atomic E-state index is -0.202. The molecule has 1 amide bonds. The van der Waals surface area contributed by atoms with Crippen molar-refractivity contribution in [2.24, 2.45) is 0 Å². The van der Waals surface area contributed by atoms with Gasteiger partial charge in [-0.25, -0.2) is 4.98 Å². The molecule has 0 atom stereocenters. The van der Waals surface area contributed by atoms with Crippen LogP contribution in [0.3, 0.4) is 0 Å². The standard InChI is InChI=1S/C14H16N2O3/c17-8-1-2-11-3-6-13(15-10-11)14(19)16(7-9-18)12-4-5-12/h3,6,10,12,17-18H,4-5,7-9H2. The zero-order valence-electron chi connectivity index (χ0n) is 10.5. The molecular formula is C14H16N2O3. The van der Waals surface area contributed by atoms with Crippen LogP contribution in [0.25, 0.3) is 0 Å². The van der Waals surface area contributed by atoms with Crippen molar-refractivity contribution in [3.05, 3.63) is 29.6 Å². The van der Waals surface area contributed by atoms with Crippen molar-refractivity contribution in [3.63, 3.8) is 0 Å². The molecule has 0 aromatic carbocycles. The van der Waals surface area contributed by atoms with E-state index in [2.05, 4.69) is 16.8 Å². The third-order valence-electron chi connectivity index (χ3n) is 2.88. The number of amides is 1. The Kier molecular flexibility index (Phi) is 4.50. The minimum absolute atomic E-state index is 0.0394. The zero-order valence-corrected chi connectivity index (χ0v) is 10.5. The van der Waals surface area contributed by atoms with E-state index in [4.69, 9.17) is 10.2 Å². The fourth-order valence-corrected chi connectivity index (χ4v) is 1.83. The van der Waals surface area contributed by atoms with Gasteiger partial charge in [-0.3, -0.25) is 4.79 Å². The van der Waals surface area contributed by atoms with Crippen LogP contribution in [0, 0.1) is 11.8 Å². The minimum Gasteiger partial charge on any atom is -0.395 e. The Bertz CT molecular complexity index is 498. The average molecular weight is 260 g/mol. The van der Waals surface area contributed by atoms with E-state index >= 15 is 0 Å². The van der Waals surface area contributed by atoms with E-state index < -0.39 is 0 Å². The number of hydrogen-bond donors (Lipinski definition) is 2. The van der Waals surface area contributed by atoms with Crippen molar-refractivity contribution in [2.45, 2.75) is 18.9 Å². The highest BCUT2D eigenvalue weighted by Gasteiger charge is 2.32. The first-order valence-electron chi connectivity index (χ1n) is 6.24. The van der Waals surface area contributed by atoms with Gasteiger partial charge < -0.3 is 15.1 Å². The van der Waals surface area contributed by atoms with Gasteiger partial charge in [0.2, 0.25) is 0 Å². The summed E-state index contributed by atoms with van der Waals surface area (Å²) in [5.74, 6) is 5.09. The Hall–Kier alpha value is -1.90. The van der Waals surface area contributed by atoms with Crippen LogP contribution in [-0.2, 0) is 0 Å². The van der Waals surface area contributed by atoms with Gasteiger partial charge in [0.05, 0.1) is 6.61 Å². The number of aliphatic hydroxyl groups excluding tert-OH is 2. The lowest BCUT2D eigenvalue weighted by Crippen LogP contribution is -2.35. The number of rotatable bonds is 4. The second kappa shape index (κ2) is 6.32. The lowest BCUT2D eigenvalue weighted by molar-refractivity contribution is 0.0701. The van der Waals surface area contributed by atoms with Gasteiger partial charge in [0.1, 0.15) is 12.3 Å². The Morgan fingerprint density at radius 1 is 1.42 bits per heavy atom. The van der Waals surface area contributed by atoms with Crippen LogP contribution < -0.4 is 0 Å². The van der Waals surface area contributed by atoms with Crippen LogP contribution in [0.4, 0.5) is 0 Å². The molecular weight excluding hydrogens is 244 g/mol. The number of carbonyl (C=O) groups excluding carboxylic acids is 1. The number of hydrogen-bond acceptors (Lipinski definition) is 4. The third kappa shape index (κ3) is 3.53. The predicted molar refractivity (Wildman–Crippen MR) is 69.3 cm³/mol. The Morgan fingerprint density at radius 2 is 2.21 bits per heavy atom. The lowest BCUT2D eigenvalue weighted by Gasteiger charge is -2.20. The Morgan fingerprint density at radius 3 is 2.74 bits per heavy atom. The van der Waals surface area contributed by atoms with Crippen LogP contribution >= 0.6 is 0 Å². The summed E-state index contributed by atoms with van der Waals surface area (Å²) in [5, 5.41) is 17.6. The quantitative estimate of drug-likeness (QED) is 0.749. The Labute approximate surface area is 111 Å². The highest BCUT2D eigenvalue weighted by molar-refractivity contribution is 5.92. The summed E-state index contributed by atoms with van der Waals surface area (Å²) in [7, 11) is 0. The highest BCUT2D eigenvalue weighted by Crippen LogP contribution is 2.27. The van der Waals surface area contributed by atoms with Gasteiger partial charge in [-0.1, -0.05) is 11.8 Å². The van der Waals surface area contributed by atoms with Crippen LogP contribution in [0.15, 0.2) is 18.3 Å². The van der Waals surface area contributed by atoms with E-state index in [0.29, 0.717) is 17.8 Å². The van der Waals surface area contributed by atoms with Crippen molar-refractivity contribution in [1.29, 1.82) is 0 Å². The van der Waals surface area contributed by atoms with Crippen molar-refractivity contribution >= 4 is 5.91 Å². The summed E-state index contributed by atoms with van der Waals surface area (Å²) in [6.07, 6.45) is 3.50. The number of nitrogens with zero attached hydrogens (tertiary/aromatic N) is 2. The van der Waals surface area contributed by atoms with Crippen molar-refractivity contribution in [2.75, 3.05) is 19.8 Å². The molecule has 1 aliphatic rings. The molecule has 1 saturated carbocycles. The summed E-state index contributed by atoms with van der Waals surface area (Å²) >= 11 is 0. The number of aliphatic hydroxyl groups is 2. The molecule has 0 radical (unpaired) electrons. The first kappa shape index (κ1) is 13.5. The molecule has 1 aliphatic carbocycles. The largest absolute Gasteiger partial charge is 0.395 e. The summed E-state index contributed by atoms with van der Waals surface area (Å²) in [6, 6.07) is 3.57. The molecule has 100 valence electrons. The fourth-order valence-electron chi connectivity index (χ4n) is 1.83. The molecule has 2 N–H and O–H groups in total. The first-order valence-corrected chi connectivity index (χ1v) is 6.24. The van der Waals surface area contributed by atoms with Crippen molar-refractivity contribution in [1.82, 2.24) is 9.88 Å². The average Bonchev–Trinajstić information content (AvgIpc) is 3.27. The van der Waals surface area contributed by atoms with Crippen LogP contribution in [-0.4, -0.2) is 51.8 Å². The van der Waals surface area contributed by atoms with Gasteiger partial charge in [0, 0.05) is 24.3 Å². The van der Waals surface area contributed by atoms with E-state index in [0.717, 1.165) is 12.8 Å². The molecule has 0 unspecified atom stereocenters. The van der Waals surface area contributed by atoms with Gasteiger partial charge >= 0.3 is 0 Å². The fraction of sp³-hybridized carbons (Fsp3) is 0.429. The normalized spacial score (nSPS) is 13.6.